The standard InChI is InChI=1S/C33H42N4O4/c1-23-34-29(30(25-15-9-6-10-16-25)37(23)27-17-11-12-18-28(27)38)31(39)36-20-19-35(32(40)41-33(2,3)4)22-26(36)21-24-13-7-5-8-14-24/h5-10,13-16,26-28,38H,11-12,17-22H2,1-4H3/t26-,27-,28-/m1/s1. The molecule has 8 heteroatoms. The van der Waals surface area contributed by atoms with Crippen LogP contribution in [0.4, 0.5) is 4.79 Å². The first-order chi connectivity index (χ1) is 19.6. The fraction of sp³-hybridized carbons (Fsp3) is 0.485. The minimum atomic E-state index is -0.600. The Morgan fingerprint density at radius 1 is 0.976 bits per heavy atom. The number of piperazine rings is 1. The molecule has 2 fully saturated rings. The Balaban J connectivity index is 1.52. The third-order valence-electron chi connectivity index (χ3n) is 8.07. The van der Waals surface area contributed by atoms with Gasteiger partial charge in [-0.15, -0.1) is 0 Å². The van der Waals surface area contributed by atoms with E-state index in [9.17, 15) is 14.7 Å². The molecule has 2 heterocycles. The number of aromatic nitrogens is 2. The summed E-state index contributed by atoms with van der Waals surface area (Å²) in [7, 11) is 0. The number of aliphatic hydroxyl groups excluding tert-OH is 1. The van der Waals surface area contributed by atoms with Gasteiger partial charge >= 0.3 is 6.09 Å². The van der Waals surface area contributed by atoms with Crippen LogP contribution in [0.25, 0.3) is 11.3 Å². The zero-order valence-electron chi connectivity index (χ0n) is 24.6. The highest BCUT2D eigenvalue weighted by molar-refractivity contribution is 5.99. The second-order valence-electron chi connectivity index (χ2n) is 12.3. The van der Waals surface area contributed by atoms with Gasteiger partial charge in [0.25, 0.3) is 5.91 Å². The van der Waals surface area contributed by atoms with E-state index in [1.54, 1.807) is 4.90 Å². The zero-order chi connectivity index (χ0) is 29.1. The first-order valence-electron chi connectivity index (χ1n) is 14.8. The molecule has 1 aliphatic carbocycles. The summed E-state index contributed by atoms with van der Waals surface area (Å²) in [5.74, 6) is 0.575. The molecular formula is C33H42N4O4. The largest absolute Gasteiger partial charge is 0.444 e. The van der Waals surface area contributed by atoms with Crippen molar-refractivity contribution < 1.29 is 19.4 Å². The SMILES string of the molecule is Cc1nc(C(=O)N2CCN(C(=O)OC(C)(C)C)C[C@H]2Cc2ccccc2)c(-c2ccccc2)n1[C@@H]1CCCC[C@H]1O. The van der Waals surface area contributed by atoms with Crippen LogP contribution in [0.5, 0.6) is 0 Å². The minimum absolute atomic E-state index is 0.128. The van der Waals surface area contributed by atoms with Gasteiger partial charge in [-0.3, -0.25) is 4.79 Å². The van der Waals surface area contributed by atoms with Crippen molar-refractivity contribution in [2.24, 2.45) is 0 Å². The summed E-state index contributed by atoms with van der Waals surface area (Å²) < 4.78 is 7.77. The number of imidazole rings is 1. The summed E-state index contributed by atoms with van der Waals surface area (Å²) in [5, 5.41) is 11.0. The van der Waals surface area contributed by atoms with Crippen molar-refractivity contribution in [1.82, 2.24) is 19.4 Å². The van der Waals surface area contributed by atoms with Gasteiger partial charge in [-0.1, -0.05) is 73.5 Å². The molecule has 0 radical (unpaired) electrons. The molecule has 1 N–H and O–H groups in total. The van der Waals surface area contributed by atoms with Crippen molar-refractivity contribution in [3.05, 3.63) is 77.7 Å². The average molecular weight is 559 g/mol. The van der Waals surface area contributed by atoms with Gasteiger partial charge in [0.2, 0.25) is 0 Å². The second-order valence-corrected chi connectivity index (χ2v) is 12.3. The smallest absolute Gasteiger partial charge is 0.410 e. The normalized spacial score (nSPS) is 21.5. The molecule has 8 nitrogen and oxygen atoms in total. The first-order valence-corrected chi connectivity index (χ1v) is 14.8. The summed E-state index contributed by atoms with van der Waals surface area (Å²) in [6.07, 6.45) is 3.38. The van der Waals surface area contributed by atoms with Crippen molar-refractivity contribution in [3.63, 3.8) is 0 Å². The molecule has 2 aromatic carbocycles. The number of rotatable bonds is 5. The maximum atomic E-state index is 14.5. The molecule has 5 rings (SSSR count). The van der Waals surface area contributed by atoms with E-state index < -0.39 is 11.7 Å². The number of amides is 2. The van der Waals surface area contributed by atoms with Crippen LogP contribution in [0.3, 0.4) is 0 Å². The van der Waals surface area contributed by atoms with Gasteiger partial charge in [-0.2, -0.15) is 0 Å². The highest BCUT2D eigenvalue weighted by Gasteiger charge is 2.38. The zero-order valence-corrected chi connectivity index (χ0v) is 24.6. The van der Waals surface area contributed by atoms with Crippen LogP contribution in [0.15, 0.2) is 60.7 Å². The summed E-state index contributed by atoms with van der Waals surface area (Å²) in [5.41, 5.74) is 2.55. The third kappa shape index (κ3) is 6.48. The van der Waals surface area contributed by atoms with Gasteiger partial charge in [-0.25, -0.2) is 9.78 Å². The van der Waals surface area contributed by atoms with E-state index in [-0.39, 0.29) is 24.1 Å². The molecule has 0 spiro atoms. The van der Waals surface area contributed by atoms with Gasteiger partial charge in [-0.05, 0) is 52.5 Å². The molecule has 218 valence electrons. The number of hydrogen-bond donors (Lipinski definition) is 1. The summed E-state index contributed by atoms with van der Waals surface area (Å²) in [4.78, 5) is 36.0. The number of aryl methyl sites for hydroxylation is 1. The Labute approximate surface area is 242 Å². The Morgan fingerprint density at radius 2 is 1.63 bits per heavy atom. The van der Waals surface area contributed by atoms with E-state index in [4.69, 9.17) is 9.72 Å². The van der Waals surface area contributed by atoms with Gasteiger partial charge in [0.15, 0.2) is 5.69 Å². The molecule has 2 amide bonds. The van der Waals surface area contributed by atoms with Crippen LogP contribution in [-0.4, -0.2) is 73.8 Å². The number of ether oxygens (including phenoxy) is 1. The summed E-state index contributed by atoms with van der Waals surface area (Å²) >= 11 is 0. The van der Waals surface area contributed by atoms with E-state index in [1.165, 1.54) is 0 Å². The second kappa shape index (κ2) is 12.1. The lowest BCUT2D eigenvalue weighted by atomic mass is 9.91. The van der Waals surface area contributed by atoms with E-state index >= 15 is 0 Å². The monoisotopic (exact) mass is 558 g/mol. The molecule has 1 saturated heterocycles. The maximum Gasteiger partial charge on any atom is 0.410 e. The Kier molecular flexibility index (Phi) is 8.50. The number of benzene rings is 2. The fourth-order valence-electron chi connectivity index (χ4n) is 6.18. The fourth-order valence-corrected chi connectivity index (χ4v) is 6.18. The Bertz CT molecular complexity index is 1350. The van der Waals surface area contributed by atoms with Gasteiger partial charge < -0.3 is 24.2 Å². The lowest BCUT2D eigenvalue weighted by molar-refractivity contribution is 0.00429. The topological polar surface area (TPSA) is 87.9 Å². The van der Waals surface area contributed by atoms with Crippen LogP contribution in [0.1, 0.15) is 74.4 Å². The summed E-state index contributed by atoms with van der Waals surface area (Å²) in [6, 6.07) is 19.6. The van der Waals surface area contributed by atoms with Crippen molar-refractivity contribution in [2.75, 3.05) is 19.6 Å². The number of nitrogens with zero attached hydrogens (tertiary/aromatic N) is 4. The number of carbonyl (C=O) groups is 2. The molecular weight excluding hydrogens is 516 g/mol. The molecule has 2 aliphatic rings. The highest BCUT2D eigenvalue weighted by atomic mass is 16.6. The molecule has 0 unspecified atom stereocenters. The quantitative estimate of drug-likeness (QED) is 0.438. The van der Waals surface area contributed by atoms with Crippen molar-refractivity contribution in [1.29, 1.82) is 0 Å². The molecule has 0 bridgehead atoms. The first kappa shape index (κ1) is 28.9. The molecule has 1 saturated carbocycles. The van der Waals surface area contributed by atoms with Crippen LogP contribution in [-0.2, 0) is 11.2 Å². The number of carbonyl (C=O) groups excluding carboxylic acids is 2. The van der Waals surface area contributed by atoms with E-state index in [0.29, 0.717) is 31.7 Å². The van der Waals surface area contributed by atoms with E-state index in [0.717, 1.165) is 48.3 Å². The van der Waals surface area contributed by atoms with Crippen molar-refractivity contribution in [3.8, 4) is 11.3 Å². The van der Waals surface area contributed by atoms with E-state index in [2.05, 4.69) is 4.57 Å². The molecule has 41 heavy (non-hydrogen) atoms. The Hall–Kier alpha value is -3.65. The predicted molar refractivity (Wildman–Crippen MR) is 159 cm³/mol. The molecule has 1 aliphatic heterocycles. The van der Waals surface area contributed by atoms with Gasteiger partial charge in [0.05, 0.1) is 23.9 Å². The maximum absolute atomic E-state index is 14.5. The predicted octanol–water partition coefficient (Wildman–Crippen LogP) is 5.64. The van der Waals surface area contributed by atoms with Crippen molar-refractivity contribution >= 4 is 12.0 Å². The molecule has 1 aromatic heterocycles. The van der Waals surface area contributed by atoms with Gasteiger partial charge in [0, 0.05) is 25.2 Å². The van der Waals surface area contributed by atoms with Crippen LogP contribution in [0.2, 0.25) is 0 Å². The minimum Gasteiger partial charge on any atom is -0.444 e. The van der Waals surface area contributed by atoms with Gasteiger partial charge in [0.1, 0.15) is 11.4 Å². The van der Waals surface area contributed by atoms with E-state index in [1.807, 2.05) is 93.3 Å². The lowest BCUT2D eigenvalue weighted by Crippen LogP contribution is -2.58. The van der Waals surface area contributed by atoms with Crippen LogP contribution >= 0.6 is 0 Å². The molecule has 3 aromatic rings. The average Bonchev–Trinajstić information content (AvgIpc) is 3.29. The van der Waals surface area contributed by atoms with Crippen molar-refractivity contribution in [2.45, 2.75) is 83.6 Å². The van der Waals surface area contributed by atoms with Crippen LogP contribution < -0.4 is 0 Å². The lowest BCUT2D eigenvalue weighted by Gasteiger charge is -2.41. The number of aliphatic hydroxyl groups is 1. The Morgan fingerprint density at radius 3 is 2.29 bits per heavy atom. The summed E-state index contributed by atoms with van der Waals surface area (Å²) in [6.45, 7) is 8.64. The third-order valence-corrected chi connectivity index (χ3v) is 8.07. The van der Waals surface area contributed by atoms with Crippen LogP contribution in [0, 0.1) is 6.92 Å². The highest BCUT2D eigenvalue weighted by Crippen LogP contribution is 2.37. The number of hydrogen-bond acceptors (Lipinski definition) is 5. The molecule has 3 atom stereocenters.